The number of carbonyl (C=O) groups excluding carboxylic acids is 1. The van der Waals surface area contributed by atoms with E-state index in [-0.39, 0.29) is 24.0 Å². The van der Waals surface area contributed by atoms with Crippen LogP contribution in [-0.2, 0) is 14.3 Å². The van der Waals surface area contributed by atoms with Gasteiger partial charge in [-0.3, -0.25) is 4.79 Å². The van der Waals surface area contributed by atoms with E-state index in [2.05, 4.69) is 20.8 Å². The van der Waals surface area contributed by atoms with Crippen molar-refractivity contribution < 1.29 is 24.5 Å². The lowest BCUT2D eigenvalue weighted by Crippen LogP contribution is -2.66. The molecule has 2 heterocycles. The van der Waals surface area contributed by atoms with Gasteiger partial charge in [0, 0.05) is 6.42 Å². The molecule has 20 heavy (non-hydrogen) atoms. The highest BCUT2D eigenvalue weighted by Gasteiger charge is 2.91. The maximum atomic E-state index is 12.2. The van der Waals surface area contributed by atoms with Gasteiger partial charge in [0.2, 0.25) is 0 Å². The van der Waals surface area contributed by atoms with Crippen molar-refractivity contribution in [3.63, 3.8) is 0 Å². The highest BCUT2D eigenvalue weighted by molar-refractivity contribution is 5.79. The fourth-order valence-corrected chi connectivity index (χ4v) is 5.52. The summed E-state index contributed by atoms with van der Waals surface area (Å²) in [5.41, 5.74) is -2.95. The zero-order valence-electron chi connectivity index (χ0n) is 12.2. The largest absolute Gasteiger partial charge is 0.452 e. The third-order valence-corrected chi connectivity index (χ3v) is 6.40. The van der Waals surface area contributed by atoms with Crippen LogP contribution in [0.4, 0.5) is 0 Å². The highest BCUT2D eigenvalue weighted by Crippen LogP contribution is 2.76. The molecule has 2 aliphatic carbocycles. The monoisotopic (exact) mass is 282 g/mol. The van der Waals surface area contributed by atoms with Crippen LogP contribution in [0.1, 0.15) is 40.0 Å². The van der Waals surface area contributed by atoms with E-state index < -0.39 is 28.7 Å². The van der Waals surface area contributed by atoms with Gasteiger partial charge < -0.3 is 19.7 Å². The molecule has 112 valence electrons. The minimum absolute atomic E-state index is 0.0297. The Labute approximate surface area is 118 Å². The van der Waals surface area contributed by atoms with Crippen LogP contribution in [0.5, 0.6) is 0 Å². The number of aliphatic hydroxyl groups is 2. The van der Waals surface area contributed by atoms with Gasteiger partial charge in [0.15, 0.2) is 5.60 Å². The minimum Gasteiger partial charge on any atom is -0.452 e. The average Bonchev–Trinajstić information content (AvgIpc) is 3.02. The Morgan fingerprint density at radius 2 is 2.10 bits per heavy atom. The lowest BCUT2D eigenvalue weighted by molar-refractivity contribution is -0.212. The van der Waals surface area contributed by atoms with Gasteiger partial charge in [0.1, 0.15) is 17.1 Å². The zero-order valence-corrected chi connectivity index (χ0v) is 12.2. The zero-order chi connectivity index (χ0) is 14.6. The fourth-order valence-electron chi connectivity index (χ4n) is 5.52. The second kappa shape index (κ2) is 3.23. The Balaban J connectivity index is 1.91. The Morgan fingerprint density at radius 3 is 2.70 bits per heavy atom. The third kappa shape index (κ3) is 1.02. The van der Waals surface area contributed by atoms with Gasteiger partial charge in [-0.05, 0) is 24.2 Å². The van der Waals surface area contributed by atoms with E-state index in [1.54, 1.807) is 0 Å². The molecular formula is C15H22O5. The molecule has 2 spiro atoms. The van der Waals surface area contributed by atoms with Crippen LogP contribution in [0.3, 0.4) is 0 Å². The second-order valence-corrected chi connectivity index (χ2v) is 7.80. The summed E-state index contributed by atoms with van der Waals surface area (Å²) >= 11 is 0. The first-order valence-electron chi connectivity index (χ1n) is 7.49. The van der Waals surface area contributed by atoms with Gasteiger partial charge >= 0.3 is 5.97 Å². The summed E-state index contributed by atoms with van der Waals surface area (Å²) < 4.78 is 11.8. The summed E-state index contributed by atoms with van der Waals surface area (Å²) in [7, 11) is 0. The number of hydrogen-bond donors (Lipinski definition) is 2. The molecule has 0 aromatic rings. The molecule has 0 unspecified atom stereocenters. The summed E-state index contributed by atoms with van der Waals surface area (Å²) in [5.74, 6) is -1.07. The molecule has 4 rings (SSSR count). The molecule has 4 fully saturated rings. The quantitative estimate of drug-likeness (QED) is 0.544. The summed E-state index contributed by atoms with van der Waals surface area (Å²) in [6.07, 6.45) is 1.91. The summed E-state index contributed by atoms with van der Waals surface area (Å²) in [5, 5.41) is 20.8. The molecule has 0 bridgehead atoms. The van der Waals surface area contributed by atoms with Gasteiger partial charge in [0.25, 0.3) is 0 Å². The number of rotatable bonds is 1. The molecule has 2 saturated heterocycles. The molecule has 2 aliphatic heterocycles. The predicted octanol–water partition coefficient (Wildman–Crippen LogP) is 0.619. The van der Waals surface area contributed by atoms with Gasteiger partial charge in [-0.2, -0.15) is 0 Å². The number of esters is 1. The topological polar surface area (TPSA) is 79.3 Å². The smallest absolute Gasteiger partial charge is 0.315 e. The minimum atomic E-state index is -1.30. The van der Waals surface area contributed by atoms with Crippen molar-refractivity contribution in [2.75, 3.05) is 6.61 Å². The van der Waals surface area contributed by atoms with Gasteiger partial charge in [-0.1, -0.05) is 20.8 Å². The van der Waals surface area contributed by atoms with Crippen molar-refractivity contribution in [1.29, 1.82) is 0 Å². The molecule has 0 aromatic heterocycles. The number of ether oxygens (including phenoxy) is 2. The molecule has 6 atom stereocenters. The Hall–Kier alpha value is -0.650. The maximum Gasteiger partial charge on any atom is 0.315 e. The van der Waals surface area contributed by atoms with Crippen molar-refractivity contribution in [2.24, 2.45) is 17.3 Å². The molecule has 5 nitrogen and oxygen atoms in total. The van der Waals surface area contributed by atoms with Crippen LogP contribution >= 0.6 is 0 Å². The number of hydrogen-bond acceptors (Lipinski definition) is 5. The summed E-state index contributed by atoms with van der Waals surface area (Å²) in [6, 6.07) is 0. The second-order valence-electron chi connectivity index (χ2n) is 7.80. The molecular weight excluding hydrogens is 260 g/mol. The van der Waals surface area contributed by atoms with Crippen molar-refractivity contribution in [2.45, 2.75) is 62.9 Å². The molecule has 0 radical (unpaired) electrons. The number of aliphatic hydroxyl groups excluding tert-OH is 1. The summed E-state index contributed by atoms with van der Waals surface area (Å²) in [4.78, 5) is 12.2. The van der Waals surface area contributed by atoms with E-state index in [0.717, 1.165) is 6.42 Å². The molecule has 4 aliphatic rings. The molecule has 2 saturated carbocycles. The maximum absolute atomic E-state index is 12.2. The van der Waals surface area contributed by atoms with Crippen LogP contribution in [0.2, 0.25) is 0 Å². The predicted molar refractivity (Wildman–Crippen MR) is 68.7 cm³/mol. The van der Waals surface area contributed by atoms with E-state index in [1.807, 2.05) is 0 Å². The van der Waals surface area contributed by atoms with Crippen molar-refractivity contribution in [3.8, 4) is 0 Å². The van der Waals surface area contributed by atoms with Gasteiger partial charge in [-0.25, -0.2) is 0 Å². The summed E-state index contributed by atoms with van der Waals surface area (Å²) in [6.45, 7) is 5.95. The van der Waals surface area contributed by atoms with Gasteiger partial charge in [-0.15, -0.1) is 0 Å². The van der Waals surface area contributed by atoms with Crippen molar-refractivity contribution in [3.05, 3.63) is 0 Å². The van der Waals surface area contributed by atoms with Crippen molar-refractivity contribution in [1.82, 2.24) is 0 Å². The molecule has 0 amide bonds. The van der Waals surface area contributed by atoms with E-state index in [0.29, 0.717) is 12.8 Å². The van der Waals surface area contributed by atoms with E-state index >= 15 is 0 Å². The lowest BCUT2D eigenvalue weighted by atomic mass is 9.59. The number of epoxide rings is 1. The third-order valence-electron chi connectivity index (χ3n) is 6.40. The Kier molecular flexibility index (Phi) is 2.11. The molecule has 2 N–H and O–H groups in total. The van der Waals surface area contributed by atoms with Crippen LogP contribution < -0.4 is 0 Å². The van der Waals surface area contributed by atoms with Crippen molar-refractivity contribution >= 4 is 5.97 Å². The Morgan fingerprint density at radius 1 is 1.40 bits per heavy atom. The normalized spacial score (nSPS) is 58.6. The standard InChI is InChI=1S/C15H22O5/c1-8-4-5-13(18)9(6-16)10(17)19-14(13)7-12(2,3)11-15(8,14)20-11/h8-9,11,16,18H,4-7H2,1-3H3/t8-,9+,11-,13+,14+,15-/m1/s1. The molecule has 5 heteroatoms. The first-order valence-corrected chi connectivity index (χ1v) is 7.49. The SMILES string of the molecule is C[C@@H]1CC[C@]2(O)[C@@H](CO)C(=O)O[C@@]23CC(C)(C)[C@H]2O[C@]123. The van der Waals surface area contributed by atoms with Crippen LogP contribution in [0.25, 0.3) is 0 Å². The molecule has 0 aromatic carbocycles. The first kappa shape index (κ1) is 13.0. The Bertz CT molecular complexity index is 502. The van der Waals surface area contributed by atoms with Crippen LogP contribution in [0, 0.1) is 17.3 Å². The highest BCUT2D eigenvalue weighted by atomic mass is 16.7. The van der Waals surface area contributed by atoms with Gasteiger partial charge in [0.05, 0.1) is 12.7 Å². The first-order chi connectivity index (χ1) is 9.25. The fraction of sp³-hybridized carbons (Fsp3) is 0.933. The van der Waals surface area contributed by atoms with Crippen LogP contribution in [-0.4, -0.2) is 45.7 Å². The van der Waals surface area contributed by atoms with E-state index in [4.69, 9.17) is 9.47 Å². The van der Waals surface area contributed by atoms with Crippen LogP contribution in [0.15, 0.2) is 0 Å². The average molecular weight is 282 g/mol. The van der Waals surface area contributed by atoms with E-state index in [9.17, 15) is 15.0 Å². The van der Waals surface area contributed by atoms with E-state index in [1.165, 1.54) is 0 Å². The lowest BCUT2D eigenvalue weighted by Gasteiger charge is -2.50. The number of carbonyl (C=O) groups is 1.